The average Bonchev–Trinajstić information content (AvgIpc) is 2.14. The molecule has 2 atom stereocenters. The summed E-state index contributed by atoms with van der Waals surface area (Å²) < 4.78 is 11.2. The molecule has 0 heterocycles. The van der Waals surface area contributed by atoms with Crippen LogP contribution in [0.3, 0.4) is 0 Å². The van der Waals surface area contributed by atoms with Gasteiger partial charge in [-0.25, -0.2) is 0 Å². The quantitative estimate of drug-likeness (QED) is 0.533. The summed E-state index contributed by atoms with van der Waals surface area (Å²) in [6, 6.07) is 0. The molecule has 92 valence electrons. The Hall–Kier alpha value is -0.850. The number of quaternary nitrogens is 1. The Morgan fingerprint density at radius 2 is 1.40 bits per heavy atom. The first kappa shape index (κ1) is 16.6. The van der Waals surface area contributed by atoms with Crippen molar-refractivity contribution in [1.29, 1.82) is 0 Å². The molecule has 6 nitrogen and oxygen atoms in total. The number of hydrogen-bond acceptors (Lipinski definition) is 4. The topological polar surface area (TPSA) is 78.8 Å². The van der Waals surface area contributed by atoms with E-state index in [9.17, 15) is 0 Å². The molecule has 0 saturated heterocycles. The molecule has 0 aliphatic heterocycles. The van der Waals surface area contributed by atoms with Crippen LogP contribution in [0.25, 0.3) is 0 Å². The van der Waals surface area contributed by atoms with E-state index in [0.29, 0.717) is 4.48 Å². The summed E-state index contributed by atoms with van der Waals surface area (Å²) in [5.74, 6) is 0. The van der Waals surface area contributed by atoms with E-state index in [1.54, 1.807) is 14.2 Å². The Balaban J connectivity index is 0. The first-order valence-corrected chi connectivity index (χ1v) is 4.49. The highest BCUT2D eigenvalue weighted by Gasteiger charge is 2.30. The summed E-state index contributed by atoms with van der Waals surface area (Å²) in [6.45, 7) is 4.07. The highest BCUT2D eigenvalue weighted by atomic mass is 16.6. The Bertz CT molecular complexity index is 167. The molecule has 0 aromatic carbocycles. The fourth-order valence-electron chi connectivity index (χ4n) is 0.839. The third kappa shape index (κ3) is 7.12. The van der Waals surface area contributed by atoms with Gasteiger partial charge in [-0.1, -0.05) is 0 Å². The maximum atomic E-state index is 8.44. The van der Waals surface area contributed by atoms with Gasteiger partial charge in [-0.15, -0.1) is 0 Å². The summed E-state index contributed by atoms with van der Waals surface area (Å²) in [7, 11) is 7.60. The molecule has 0 aliphatic carbocycles. The zero-order valence-electron chi connectivity index (χ0n) is 10.2. The number of methoxy groups -OCH3 is 2. The van der Waals surface area contributed by atoms with Crippen LogP contribution in [0.5, 0.6) is 0 Å². The van der Waals surface area contributed by atoms with E-state index in [4.69, 9.17) is 24.5 Å². The van der Waals surface area contributed by atoms with Gasteiger partial charge in [-0.3, -0.25) is 4.48 Å². The fourth-order valence-corrected chi connectivity index (χ4v) is 0.839. The van der Waals surface area contributed by atoms with Gasteiger partial charge >= 0.3 is 0 Å². The van der Waals surface area contributed by atoms with Gasteiger partial charge in [0.15, 0.2) is 12.5 Å². The Kier molecular flexibility index (Phi) is 8.22. The lowest BCUT2D eigenvalue weighted by Crippen LogP contribution is -2.54. The molecule has 0 bridgehead atoms. The van der Waals surface area contributed by atoms with Gasteiger partial charge in [0.1, 0.15) is 0 Å². The molecule has 0 radical (unpaired) electrons. The molecule has 0 aliphatic rings. The van der Waals surface area contributed by atoms with E-state index in [1.807, 2.05) is 13.8 Å². The molecule has 6 heteroatoms. The van der Waals surface area contributed by atoms with Gasteiger partial charge in [0, 0.05) is 28.1 Å². The van der Waals surface area contributed by atoms with Crippen molar-refractivity contribution in [2.75, 3.05) is 28.3 Å². The van der Waals surface area contributed by atoms with Gasteiger partial charge in [0.25, 0.3) is 0 Å². The van der Waals surface area contributed by atoms with Crippen molar-refractivity contribution in [3.63, 3.8) is 0 Å². The third-order valence-corrected chi connectivity index (χ3v) is 2.56. The average molecular weight is 223 g/mol. The normalized spacial score (nSPS) is 14.8. The number of carbonyl (C=O) groups is 1. The molecule has 1 N–H and O–H groups in total. The van der Waals surface area contributed by atoms with Crippen LogP contribution >= 0.6 is 0 Å². The Labute approximate surface area is 90.6 Å². The second kappa shape index (κ2) is 7.44. The lowest BCUT2D eigenvalue weighted by atomic mass is 10.4. The van der Waals surface area contributed by atoms with Crippen molar-refractivity contribution >= 4 is 6.16 Å². The van der Waals surface area contributed by atoms with Crippen LogP contribution in [-0.4, -0.2) is 56.5 Å². The second-order valence-corrected chi connectivity index (χ2v) is 3.57. The van der Waals surface area contributed by atoms with Crippen LogP contribution in [-0.2, 0) is 9.47 Å². The van der Waals surface area contributed by atoms with Gasteiger partial charge in [0.2, 0.25) is 6.16 Å². The molecule has 2 unspecified atom stereocenters. The van der Waals surface area contributed by atoms with Crippen molar-refractivity contribution in [3.05, 3.63) is 0 Å². The largest absolute Gasteiger partial charge is 0.565 e. The highest BCUT2D eigenvalue weighted by molar-refractivity contribution is 5.50. The predicted octanol–water partition coefficient (Wildman–Crippen LogP) is -0.0647. The molecular formula is C9H21NO5. The van der Waals surface area contributed by atoms with E-state index in [-0.39, 0.29) is 12.5 Å². The molecule has 0 spiro atoms. The number of hydrogen-bond donors (Lipinski definition) is 1. The summed E-state index contributed by atoms with van der Waals surface area (Å²) in [6.07, 6.45) is -1.77. The van der Waals surface area contributed by atoms with Crippen molar-refractivity contribution in [2.45, 2.75) is 26.3 Å². The minimum absolute atomic E-state index is 0.157. The number of ether oxygens (including phenoxy) is 2. The first-order chi connectivity index (χ1) is 6.69. The van der Waals surface area contributed by atoms with E-state index >= 15 is 0 Å². The standard InChI is InChI=1S/C8H20NO2.CH2O3/c1-7(10-5)9(3,4)8(2)11-6;2-1(3)4/h7-8H,1-6H3;(H2,2,3,4)/q+1;/p-1. The number of nitrogens with zero attached hydrogens (tertiary/aromatic N) is 1. The van der Waals surface area contributed by atoms with Crippen LogP contribution in [0.15, 0.2) is 0 Å². The molecule has 0 fully saturated rings. The van der Waals surface area contributed by atoms with Crippen LogP contribution in [0.4, 0.5) is 4.79 Å². The van der Waals surface area contributed by atoms with Crippen molar-refractivity contribution in [2.24, 2.45) is 0 Å². The zero-order chi connectivity index (χ0) is 12.6. The van der Waals surface area contributed by atoms with E-state index < -0.39 is 6.16 Å². The van der Waals surface area contributed by atoms with Crippen molar-refractivity contribution in [3.8, 4) is 0 Å². The van der Waals surface area contributed by atoms with Crippen LogP contribution < -0.4 is 5.11 Å². The van der Waals surface area contributed by atoms with Crippen molar-refractivity contribution < 1.29 is 29.0 Å². The molecular weight excluding hydrogens is 202 g/mol. The van der Waals surface area contributed by atoms with E-state index in [1.165, 1.54) is 0 Å². The first-order valence-electron chi connectivity index (χ1n) is 4.49. The smallest absolute Gasteiger partial charge is 0.249 e. The monoisotopic (exact) mass is 223 g/mol. The number of carboxylic acid groups (broad SMARTS) is 2. The third-order valence-electron chi connectivity index (χ3n) is 2.56. The molecule has 0 amide bonds. The van der Waals surface area contributed by atoms with Crippen LogP contribution in [0.1, 0.15) is 13.8 Å². The number of rotatable bonds is 4. The van der Waals surface area contributed by atoms with Crippen molar-refractivity contribution in [1.82, 2.24) is 0 Å². The maximum absolute atomic E-state index is 8.44. The summed E-state index contributed by atoms with van der Waals surface area (Å²) in [5.41, 5.74) is 0. The summed E-state index contributed by atoms with van der Waals surface area (Å²) in [4.78, 5) is 8.44. The lowest BCUT2D eigenvalue weighted by Gasteiger charge is -2.38. The van der Waals surface area contributed by atoms with E-state index in [0.717, 1.165) is 0 Å². The Morgan fingerprint density at radius 1 is 1.20 bits per heavy atom. The van der Waals surface area contributed by atoms with E-state index in [2.05, 4.69) is 14.1 Å². The maximum Gasteiger partial charge on any atom is 0.249 e. The van der Waals surface area contributed by atoms with Crippen LogP contribution in [0, 0.1) is 0 Å². The molecule has 15 heavy (non-hydrogen) atoms. The Morgan fingerprint density at radius 3 is 1.53 bits per heavy atom. The van der Waals surface area contributed by atoms with Gasteiger partial charge < -0.3 is 24.5 Å². The minimum atomic E-state index is -2.08. The fraction of sp³-hybridized carbons (Fsp3) is 0.889. The molecule has 0 rings (SSSR count). The zero-order valence-corrected chi connectivity index (χ0v) is 10.2. The SMILES string of the molecule is COC(C)[N+](C)(C)C(C)OC.O=C([O-])O. The van der Waals surface area contributed by atoms with Crippen LogP contribution in [0.2, 0.25) is 0 Å². The lowest BCUT2D eigenvalue weighted by molar-refractivity contribution is -0.974. The van der Waals surface area contributed by atoms with Gasteiger partial charge in [-0.2, -0.15) is 0 Å². The summed E-state index contributed by atoms with van der Waals surface area (Å²) in [5, 5.41) is 15.3. The van der Waals surface area contributed by atoms with Gasteiger partial charge in [-0.05, 0) is 0 Å². The summed E-state index contributed by atoms with van der Waals surface area (Å²) >= 11 is 0. The second-order valence-electron chi connectivity index (χ2n) is 3.57. The molecule has 0 saturated carbocycles. The molecule has 0 aromatic rings. The van der Waals surface area contributed by atoms with Gasteiger partial charge in [0.05, 0.1) is 14.1 Å². The minimum Gasteiger partial charge on any atom is -0.565 e. The predicted molar refractivity (Wildman–Crippen MR) is 53.1 cm³/mol. The molecule has 0 aromatic heterocycles. The highest BCUT2D eigenvalue weighted by Crippen LogP contribution is 2.13.